The van der Waals surface area contributed by atoms with E-state index in [4.69, 9.17) is 4.52 Å². The molecule has 136 valence electrons. The van der Waals surface area contributed by atoms with Gasteiger partial charge in [0.05, 0.1) is 10.6 Å². The van der Waals surface area contributed by atoms with Crippen molar-refractivity contribution >= 4 is 23.7 Å². The van der Waals surface area contributed by atoms with E-state index in [1.165, 1.54) is 40.9 Å². The zero-order valence-electron chi connectivity index (χ0n) is 13.9. The van der Waals surface area contributed by atoms with E-state index in [0.29, 0.717) is 17.3 Å². The van der Waals surface area contributed by atoms with Crippen LogP contribution in [0.5, 0.6) is 0 Å². The van der Waals surface area contributed by atoms with E-state index in [0.717, 1.165) is 0 Å². The molecule has 4 rings (SSSR count). The molecule has 2 aromatic carbocycles. The first-order valence-corrected chi connectivity index (χ1v) is 9.11. The Morgan fingerprint density at radius 2 is 2.04 bits per heavy atom. The summed E-state index contributed by atoms with van der Waals surface area (Å²) in [6.45, 7) is 0.486. The third-order valence-electron chi connectivity index (χ3n) is 3.95. The molecular weight excluding hydrogens is 372 g/mol. The van der Waals surface area contributed by atoms with Gasteiger partial charge in [-0.3, -0.25) is 4.79 Å². The van der Waals surface area contributed by atoms with E-state index in [9.17, 15) is 13.6 Å². The van der Waals surface area contributed by atoms with E-state index in [1.54, 1.807) is 30.3 Å². The number of nitrogens with zero attached hydrogens (tertiary/aromatic N) is 3. The first-order chi connectivity index (χ1) is 13.1. The highest BCUT2D eigenvalue weighted by Crippen LogP contribution is 2.31. The molecule has 0 radical (unpaired) electrons. The molecule has 0 N–H and O–H groups in total. The Bertz CT molecular complexity index is 1040. The van der Waals surface area contributed by atoms with Gasteiger partial charge in [-0.25, -0.2) is 8.78 Å². The molecule has 0 atom stereocenters. The van der Waals surface area contributed by atoms with E-state index in [-0.39, 0.29) is 28.7 Å². The molecule has 1 amide bonds. The Morgan fingerprint density at radius 1 is 1.19 bits per heavy atom. The average molecular weight is 385 g/mol. The third-order valence-corrected chi connectivity index (χ3v) is 4.97. The Hall–Kier alpha value is -3.00. The smallest absolute Gasteiger partial charge is 0.258 e. The Balaban J connectivity index is 1.60. The van der Waals surface area contributed by atoms with Crippen LogP contribution < -0.4 is 0 Å². The van der Waals surface area contributed by atoms with Gasteiger partial charge in [0, 0.05) is 23.9 Å². The van der Waals surface area contributed by atoms with Gasteiger partial charge in [0.1, 0.15) is 11.6 Å². The number of rotatable bonds is 3. The highest BCUT2D eigenvalue weighted by molar-refractivity contribution is 8.03. The van der Waals surface area contributed by atoms with Crippen LogP contribution in [-0.2, 0) is 0 Å². The second-order valence-electron chi connectivity index (χ2n) is 5.73. The lowest BCUT2D eigenvalue weighted by atomic mass is 10.2. The van der Waals surface area contributed by atoms with E-state index >= 15 is 0 Å². The Morgan fingerprint density at radius 3 is 2.85 bits per heavy atom. The number of carbonyl (C=O) groups excluding carboxylic acids is 1. The number of halogens is 2. The summed E-state index contributed by atoms with van der Waals surface area (Å²) in [6, 6.07) is 11.7. The van der Waals surface area contributed by atoms with Crippen LogP contribution in [0.2, 0.25) is 0 Å². The summed E-state index contributed by atoms with van der Waals surface area (Å²) >= 11 is 1.45. The monoisotopic (exact) mass is 385 g/mol. The molecular formula is C19H13F2N3O2S. The highest BCUT2D eigenvalue weighted by Gasteiger charge is 2.26. The molecule has 8 heteroatoms. The largest absolute Gasteiger partial charge is 0.334 e. The van der Waals surface area contributed by atoms with Crippen LogP contribution in [0.15, 0.2) is 58.1 Å². The minimum Gasteiger partial charge on any atom is -0.334 e. The Kier molecular flexibility index (Phi) is 4.72. The van der Waals surface area contributed by atoms with Gasteiger partial charge >= 0.3 is 0 Å². The molecule has 1 aliphatic rings. The van der Waals surface area contributed by atoms with Crippen LogP contribution in [0.25, 0.3) is 17.5 Å². The van der Waals surface area contributed by atoms with Gasteiger partial charge in [-0.2, -0.15) is 4.98 Å². The lowest BCUT2D eigenvalue weighted by Crippen LogP contribution is -2.26. The predicted molar refractivity (Wildman–Crippen MR) is 97.6 cm³/mol. The molecule has 1 fully saturated rings. The third kappa shape index (κ3) is 3.61. The standard InChI is InChI=1S/C19H13F2N3O2S/c20-13-5-3-4-12(10-13)19(25)24-8-9-27-17(24)11-16-22-18(23-26-16)14-6-1-2-7-15(14)21/h1-7,10-11H,8-9H2/b17-11+. The van der Waals surface area contributed by atoms with Crippen LogP contribution in [0.1, 0.15) is 16.2 Å². The van der Waals surface area contributed by atoms with Crippen LogP contribution in [0.4, 0.5) is 8.78 Å². The molecule has 0 saturated carbocycles. The van der Waals surface area contributed by atoms with Crippen molar-refractivity contribution in [2.45, 2.75) is 0 Å². The lowest BCUT2D eigenvalue weighted by Gasteiger charge is -2.16. The summed E-state index contributed by atoms with van der Waals surface area (Å²) in [4.78, 5) is 18.4. The lowest BCUT2D eigenvalue weighted by molar-refractivity contribution is 0.0830. The fourth-order valence-corrected chi connectivity index (χ4v) is 3.68. The Labute approximate surface area is 157 Å². The van der Waals surface area contributed by atoms with Crippen molar-refractivity contribution in [1.82, 2.24) is 15.0 Å². The number of aromatic nitrogens is 2. The van der Waals surface area contributed by atoms with Gasteiger partial charge in [0.2, 0.25) is 5.82 Å². The van der Waals surface area contributed by atoms with Crippen molar-refractivity contribution in [2.24, 2.45) is 0 Å². The quantitative estimate of drug-likeness (QED) is 0.676. The summed E-state index contributed by atoms with van der Waals surface area (Å²) in [5.74, 6) is -0.234. The molecule has 5 nitrogen and oxygen atoms in total. The predicted octanol–water partition coefficient (Wildman–Crippen LogP) is 4.20. The second-order valence-corrected chi connectivity index (χ2v) is 6.85. The van der Waals surface area contributed by atoms with Gasteiger partial charge in [0.25, 0.3) is 11.8 Å². The van der Waals surface area contributed by atoms with E-state index in [2.05, 4.69) is 10.1 Å². The topological polar surface area (TPSA) is 59.2 Å². The maximum absolute atomic E-state index is 13.9. The van der Waals surface area contributed by atoms with E-state index in [1.807, 2.05) is 0 Å². The summed E-state index contributed by atoms with van der Waals surface area (Å²) in [5, 5.41) is 4.41. The molecule has 0 bridgehead atoms. The van der Waals surface area contributed by atoms with Gasteiger partial charge in [-0.15, -0.1) is 11.8 Å². The first-order valence-electron chi connectivity index (χ1n) is 8.12. The number of amides is 1. The minimum absolute atomic E-state index is 0.131. The summed E-state index contributed by atoms with van der Waals surface area (Å²) in [5.41, 5.74) is 0.499. The fraction of sp³-hybridized carbons (Fsp3) is 0.105. The first kappa shape index (κ1) is 17.4. The molecule has 1 aromatic heterocycles. The van der Waals surface area contributed by atoms with Gasteiger partial charge in [-0.1, -0.05) is 23.4 Å². The maximum Gasteiger partial charge on any atom is 0.258 e. The molecule has 0 aliphatic carbocycles. The van der Waals surface area contributed by atoms with E-state index < -0.39 is 11.6 Å². The molecule has 1 aliphatic heterocycles. The van der Waals surface area contributed by atoms with Crippen molar-refractivity contribution in [2.75, 3.05) is 12.3 Å². The SMILES string of the molecule is O=C(c1cccc(F)c1)N1CCS/C1=C/c1nc(-c2ccccc2F)no1. The van der Waals surface area contributed by atoms with Crippen LogP contribution in [-0.4, -0.2) is 33.2 Å². The normalized spacial score (nSPS) is 15.5. The summed E-state index contributed by atoms with van der Waals surface area (Å²) < 4.78 is 32.4. The van der Waals surface area contributed by atoms with Crippen LogP contribution in [0, 0.1) is 11.6 Å². The van der Waals surface area contributed by atoms with Crippen molar-refractivity contribution in [3.05, 3.63) is 76.6 Å². The van der Waals surface area contributed by atoms with Crippen LogP contribution >= 0.6 is 11.8 Å². The molecule has 0 unspecified atom stereocenters. The summed E-state index contributed by atoms with van der Waals surface area (Å²) in [6.07, 6.45) is 1.58. The maximum atomic E-state index is 13.9. The van der Waals surface area contributed by atoms with Crippen LogP contribution in [0.3, 0.4) is 0 Å². The number of thioether (sulfide) groups is 1. The molecule has 0 spiro atoms. The molecule has 3 aromatic rings. The zero-order valence-corrected chi connectivity index (χ0v) is 14.7. The highest BCUT2D eigenvalue weighted by atomic mass is 32.2. The van der Waals surface area contributed by atoms with Crippen molar-refractivity contribution in [3.8, 4) is 11.4 Å². The number of carbonyl (C=O) groups is 1. The number of benzene rings is 2. The summed E-state index contributed by atoms with van der Waals surface area (Å²) in [7, 11) is 0. The number of hydrogen-bond acceptors (Lipinski definition) is 5. The molecule has 27 heavy (non-hydrogen) atoms. The van der Waals surface area contributed by atoms with Crippen molar-refractivity contribution in [1.29, 1.82) is 0 Å². The van der Waals surface area contributed by atoms with Crippen molar-refractivity contribution in [3.63, 3.8) is 0 Å². The zero-order chi connectivity index (χ0) is 18.8. The van der Waals surface area contributed by atoms with Gasteiger partial charge < -0.3 is 9.42 Å². The fourth-order valence-electron chi connectivity index (χ4n) is 2.68. The van der Waals surface area contributed by atoms with Gasteiger partial charge in [0.15, 0.2) is 0 Å². The number of hydrogen-bond donors (Lipinski definition) is 0. The molecule has 1 saturated heterocycles. The molecule has 2 heterocycles. The second kappa shape index (κ2) is 7.32. The average Bonchev–Trinajstić information content (AvgIpc) is 3.31. The van der Waals surface area contributed by atoms with Gasteiger partial charge in [-0.05, 0) is 30.3 Å². The van der Waals surface area contributed by atoms with Crippen molar-refractivity contribution < 1.29 is 18.1 Å². The minimum atomic E-state index is -0.468.